The summed E-state index contributed by atoms with van der Waals surface area (Å²) in [6.07, 6.45) is 1.64. The van der Waals surface area contributed by atoms with E-state index >= 15 is 0 Å². The Bertz CT molecular complexity index is 1300. The monoisotopic (exact) mass is 468 g/mol. The van der Waals surface area contributed by atoms with Gasteiger partial charge in [0.25, 0.3) is 0 Å². The fourth-order valence-electron chi connectivity index (χ4n) is 3.03. The highest BCUT2D eigenvalue weighted by Crippen LogP contribution is 2.27. The molecule has 4 rings (SSSR count). The van der Waals surface area contributed by atoms with Gasteiger partial charge in [0.2, 0.25) is 11.8 Å². The number of hydrogen-bond acceptors (Lipinski definition) is 6. The largest absolute Gasteiger partial charge is 0.441 e. The number of hydrogen-bond donors (Lipinski definition) is 2. The molecule has 2 aromatic carbocycles. The Balaban J connectivity index is 1.32. The average molecular weight is 468 g/mol. The van der Waals surface area contributed by atoms with Crippen molar-refractivity contribution in [2.45, 2.75) is 19.8 Å². The lowest BCUT2D eigenvalue weighted by atomic mass is 10.1. The molecule has 0 saturated heterocycles. The van der Waals surface area contributed by atoms with Crippen LogP contribution >= 0.6 is 11.3 Å². The zero-order chi connectivity index (χ0) is 23.4. The molecular weight excluding hydrogens is 450 g/mol. The first-order chi connectivity index (χ1) is 15.9. The number of carbonyl (C=O) groups excluding carboxylic acids is 2. The van der Waals surface area contributed by atoms with Gasteiger partial charge in [0.15, 0.2) is 16.8 Å². The van der Waals surface area contributed by atoms with Gasteiger partial charge in [-0.2, -0.15) is 0 Å². The molecule has 2 N–H and O–H groups in total. The van der Waals surface area contributed by atoms with E-state index in [1.165, 1.54) is 30.5 Å². The molecule has 2 aromatic heterocycles. The Labute approximate surface area is 191 Å². The highest BCUT2D eigenvalue weighted by Gasteiger charge is 2.14. The second-order valence-electron chi connectivity index (χ2n) is 7.09. The van der Waals surface area contributed by atoms with E-state index < -0.39 is 11.6 Å². The number of rotatable bonds is 7. The molecule has 0 aliphatic rings. The van der Waals surface area contributed by atoms with Crippen molar-refractivity contribution >= 4 is 34.0 Å². The summed E-state index contributed by atoms with van der Waals surface area (Å²) in [6, 6.07) is 10.4. The summed E-state index contributed by atoms with van der Waals surface area (Å²) >= 11 is 1.29. The lowest BCUT2D eigenvalue weighted by molar-refractivity contribution is -0.116. The fourth-order valence-corrected chi connectivity index (χ4v) is 3.77. The first-order valence-corrected chi connectivity index (χ1v) is 10.8. The van der Waals surface area contributed by atoms with Crippen molar-refractivity contribution in [2.24, 2.45) is 0 Å². The van der Waals surface area contributed by atoms with Gasteiger partial charge in [-0.1, -0.05) is 12.1 Å². The molecule has 10 heteroatoms. The van der Waals surface area contributed by atoms with Crippen LogP contribution < -0.4 is 10.6 Å². The first-order valence-electron chi connectivity index (χ1n) is 9.91. The first kappa shape index (κ1) is 22.3. The fraction of sp³-hybridized carbons (Fsp3) is 0.130. The number of carbonyl (C=O) groups is 2. The lowest BCUT2D eigenvalue weighted by Crippen LogP contribution is -2.12. The summed E-state index contributed by atoms with van der Waals surface area (Å²) in [6.45, 7) is 1.44. The molecule has 2 heterocycles. The van der Waals surface area contributed by atoms with Gasteiger partial charge in [0.05, 0.1) is 17.5 Å². The zero-order valence-corrected chi connectivity index (χ0v) is 18.2. The summed E-state index contributed by atoms with van der Waals surface area (Å²) in [5.74, 6) is -1.42. The molecule has 0 spiro atoms. The van der Waals surface area contributed by atoms with E-state index in [9.17, 15) is 18.4 Å². The van der Waals surface area contributed by atoms with Crippen molar-refractivity contribution in [1.29, 1.82) is 0 Å². The number of amides is 2. The number of thiazole rings is 1. The Morgan fingerprint density at radius 2 is 1.88 bits per heavy atom. The van der Waals surface area contributed by atoms with Crippen LogP contribution in [0, 0.1) is 11.6 Å². The van der Waals surface area contributed by atoms with E-state index in [4.69, 9.17) is 4.42 Å². The van der Waals surface area contributed by atoms with Crippen molar-refractivity contribution in [1.82, 2.24) is 9.97 Å². The van der Waals surface area contributed by atoms with Crippen LogP contribution in [0.2, 0.25) is 0 Å². The number of halogens is 2. The number of benzene rings is 2. The highest BCUT2D eigenvalue weighted by atomic mass is 32.1. The summed E-state index contributed by atoms with van der Waals surface area (Å²) < 4.78 is 32.4. The van der Waals surface area contributed by atoms with E-state index in [0.717, 1.165) is 17.7 Å². The summed E-state index contributed by atoms with van der Waals surface area (Å²) in [7, 11) is 0. The van der Waals surface area contributed by atoms with Gasteiger partial charge in [-0.05, 0) is 24.3 Å². The molecule has 0 atom stereocenters. The van der Waals surface area contributed by atoms with Crippen LogP contribution in [0.4, 0.5) is 19.6 Å². The number of aryl methyl sites for hydroxylation is 1. The summed E-state index contributed by atoms with van der Waals surface area (Å²) in [4.78, 5) is 31.9. The molecular formula is C23H18F2N4O3S. The van der Waals surface area contributed by atoms with Crippen LogP contribution in [0.1, 0.15) is 19.2 Å². The van der Waals surface area contributed by atoms with Crippen LogP contribution in [0.3, 0.4) is 0 Å². The molecule has 0 aliphatic carbocycles. The molecule has 0 unspecified atom stereocenters. The van der Waals surface area contributed by atoms with Gasteiger partial charge in [0.1, 0.15) is 11.6 Å². The maximum absolute atomic E-state index is 13.9. The number of aromatic nitrogens is 2. The Hall–Kier alpha value is -3.92. The maximum atomic E-state index is 13.9. The quantitative estimate of drug-likeness (QED) is 0.385. The molecule has 7 nitrogen and oxygen atoms in total. The van der Waals surface area contributed by atoms with E-state index in [2.05, 4.69) is 20.6 Å². The number of nitrogens with zero attached hydrogens (tertiary/aromatic N) is 2. The SMILES string of the molecule is CC(=O)Nc1ccc(-c2csc(NC(=O)CCc3ncc(-c4ccc(F)cc4F)o3)n2)cc1. The second-order valence-corrected chi connectivity index (χ2v) is 7.95. The number of oxazole rings is 1. The molecule has 0 saturated carbocycles. The minimum Gasteiger partial charge on any atom is -0.441 e. The van der Waals surface area contributed by atoms with Gasteiger partial charge in [-0.3, -0.25) is 9.59 Å². The lowest BCUT2D eigenvalue weighted by Gasteiger charge is -2.03. The van der Waals surface area contributed by atoms with Gasteiger partial charge in [-0.25, -0.2) is 18.7 Å². The van der Waals surface area contributed by atoms with Gasteiger partial charge in [0, 0.05) is 42.5 Å². The molecule has 2 amide bonds. The van der Waals surface area contributed by atoms with E-state index in [1.807, 2.05) is 17.5 Å². The summed E-state index contributed by atoms with van der Waals surface area (Å²) in [5, 5.41) is 7.70. The van der Waals surface area contributed by atoms with Crippen LogP contribution in [0.15, 0.2) is 58.5 Å². The van der Waals surface area contributed by atoms with Gasteiger partial charge < -0.3 is 15.1 Å². The second kappa shape index (κ2) is 9.70. The maximum Gasteiger partial charge on any atom is 0.226 e. The van der Waals surface area contributed by atoms with Crippen LogP contribution in [0.25, 0.3) is 22.6 Å². The minimum atomic E-state index is -0.750. The smallest absolute Gasteiger partial charge is 0.226 e. The minimum absolute atomic E-state index is 0.0895. The summed E-state index contributed by atoms with van der Waals surface area (Å²) in [5.41, 5.74) is 2.33. The Morgan fingerprint density at radius 3 is 2.61 bits per heavy atom. The average Bonchev–Trinajstić information content (AvgIpc) is 3.42. The molecule has 168 valence electrons. The standard InChI is InChI=1S/C23H18F2N4O3S/c1-13(30)27-16-5-2-14(3-6-16)19-12-33-23(28-19)29-21(31)8-9-22-26-11-20(32-22)17-7-4-15(24)10-18(17)25/h2-7,10-12H,8-9H2,1H3,(H,27,30)(H,28,29,31). The van der Waals surface area contributed by atoms with Gasteiger partial charge in [-0.15, -0.1) is 11.3 Å². The molecule has 33 heavy (non-hydrogen) atoms. The number of nitrogens with one attached hydrogen (secondary N) is 2. The third-order valence-electron chi connectivity index (χ3n) is 4.57. The topological polar surface area (TPSA) is 97.1 Å². The van der Waals surface area contributed by atoms with Crippen LogP contribution in [-0.2, 0) is 16.0 Å². The van der Waals surface area contributed by atoms with E-state index in [0.29, 0.717) is 16.5 Å². The highest BCUT2D eigenvalue weighted by molar-refractivity contribution is 7.14. The third kappa shape index (κ3) is 5.66. The predicted octanol–water partition coefficient (Wildman–Crippen LogP) is 5.27. The molecule has 0 bridgehead atoms. The van der Waals surface area contributed by atoms with E-state index in [1.54, 1.807) is 12.1 Å². The molecule has 0 radical (unpaired) electrons. The predicted molar refractivity (Wildman–Crippen MR) is 121 cm³/mol. The number of anilines is 2. The third-order valence-corrected chi connectivity index (χ3v) is 5.33. The Morgan fingerprint density at radius 1 is 1.09 bits per heavy atom. The van der Waals surface area contributed by atoms with Crippen LogP contribution in [-0.4, -0.2) is 21.8 Å². The van der Waals surface area contributed by atoms with Crippen molar-refractivity contribution in [3.63, 3.8) is 0 Å². The molecule has 4 aromatic rings. The van der Waals surface area contributed by atoms with Gasteiger partial charge >= 0.3 is 0 Å². The zero-order valence-electron chi connectivity index (χ0n) is 17.4. The normalized spacial score (nSPS) is 10.8. The molecule has 0 aliphatic heterocycles. The van der Waals surface area contributed by atoms with Crippen LogP contribution in [0.5, 0.6) is 0 Å². The van der Waals surface area contributed by atoms with E-state index in [-0.39, 0.29) is 41.9 Å². The van der Waals surface area contributed by atoms with Crippen molar-refractivity contribution in [3.8, 4) is 22.6 Å². The van der Waals surface area contributed by atoms with Crippen molar-refractivity contribution < 1.29 is 22.8 Å². The van der Waals surface area contributed by atoms with Crippen molar-refractivity contribution in [2.75, 3.05) is 10.6 Å². The molecule has 0 fully saturated rings. The Kier molecular flexibility index (Phi) is 6.55. The van der Waals surface area contributed by atoms with Crippen molar-refractivity contribution in [3.05, 3.63) is 71.6 Å².